The van der Waals surface area contributed by atoms with Crippen LogP contribution < -0.4 is 13.8 Å². The Hall–Kier alpha value is -2.74. The van der Waals surface area contributed by atoms with Crippen LogP contribution in [0.1, 0.15) is 13.3 Å². The zero-order valence-electron chi connectivity index (χ0n) is 15.3. The van der Waals surface area contributed by atoms with Crippen LogP contribution >= 0.6 is 0 Å². The Morgan fingerprint density at radius 1 is 1.00 bits per heavy atom. The van der Waals surface area contributed by atoms with Gasteiger partial charge in [-0.25, -0.2) is 4.79 Å². The second kappa shape index (κ2) is 7.87. The van der Waals surface area contributed by atoms with Crippen LogP contribution in [-0.2, 0) is 10.1 Å². The number of ether oxygens (including phenoxy) is 1. The summed E-state index contributed by atoms with van der Waals surface area (Å²) in [5.74, 6) is 0.449. The van der Waals surface area contributed by atoms with Crippen molar-refractivity contribution in [1.82, 2.24) is 4.90 Å². The van der Waals surface area contributed by atoms with Gasteiger partial charge in [0.05, 0.1) is 7.11 Å². The molecule has 2 aromatic rings. The molecule has 0 bridgehead atoms. The third-order valence-electron chi connectivity index (χ3n) is 4.29. The average Bonchev–Trinajstić information content (AvgIpc) is 3.03. The fourth-order valence-electron chi connectivity index (χ4n) is 2.95. The summed E-state index contributed by atoms with van der Waals surface area (Å²) in [6.45, 7) is 4.00. The average molecular weight is 390 g/mol. The van der Waals surface area contributed by atoms with Crippen molar-refractivity contribution in [2.24, 2.45) is 0 Å². The fourth-order valence-corrected chi connectivity index (χ4v) is 3.89. The van der Waals surface area contributed by atoms with Gasteiger partial charge in [-0.05, 0) is 42.8 Å². The molecule has 1 aliphatic rings. The first-order valence-corrected chi connectivity index (χ1v) is 10.1. The molecule has 0 unspecified atom stereocenters. The number of para-hydroxylation sites is 2. The van der Waals surface area contributed by atoms with Gasteiger partial charge in [0.25, 0.3) is 0 Å². The smallest absolute Gasteiger partial charge is 0.339 e. The molecule has 1 fully saturated rings. The minimum atomic E-state index is -4.01. The van der Waals surface area contributed by atoms with E-state index in [0.29, 0.717) is 31.1 Å². The van der Waals surface area contributed by atoms with Crippen molar-refractivity contribution < 1.29 is 22.1 Å². The van der Waals surface area contributed by atoms with Gasteiger partial charge in [-0.3, -0.25) is 4.90 Å². The lowest BCUT2D eigenvalue weighted by Gasteiger charge is -2.18. The van der Waals surface area contributed by atoms with Crippen LogP contribution in [0.25, 0.3) is 0 Å². The lowest BCUT2D eigenvalue weighted by Crippen LogP contribution is -2.32. The summed E-state index contributed by atoms with van der Waals surface area (Å²) < 4.78 is 35.4. The van der Waals surface area contributed by atoms with E-state index in [4.69, 9.17) is 8.92 Å². The van der Waals surface area contributed by atoms with Crippen molar-refractivity contribution in [2.75, 3.05) is 31.6 Å². The van der Waals surface area contributed by atoms with Gasteiger partial charge < -0.3 is 13.8 Å². The largest absolute Gasteiger partial charge is 0.493 e. The first kappa shape index (κ1) is 19.0. The van der Waals surface area contributed by atoms with Crippen LogP contribution in [0.3, 0.4) is 0 Å². The first-order valence-electron chi connectivity index (χ1n) is 8.70. The number of carbonyl (C=O) groups is 1. The SMILES string of the molecule is CCCN1CCN(c2ccc(S(=O)(=O)Oc3ccccc3OC)cc2)C1=O. The Bertz CT molecular complexity index is 912. The summed E-state index contributed by atoms with van der Waals surface area (Å²) in [4.78, 5) is 15.8. The molecule has 27 heavy (non-hydrogen) atoms. The Balaban J connectivity index is 1.78. The van der Waals surface area contributed by atoms with E-state index in [9.17, 15) is 13.2 Å². The standard InChI is InChI=1S/C19H22N2O5S/c1-3-12-20-13-14-21(19(20)22)15-8-10-16(11-9-15)27(23,24)26-18-7-5-4-6-17(18)25-2/h4-11H,3,12-14H2,1-2H3. The van der Waals surface area contributed by atoms with Crippen molar-refractivity contribution in [3.05, 3.63) is 48.5 Å². The van der Waals surface area contributed by atoms with E-state index in [0.717, 1.165) is 6.42 Å². The summed E-state index contributed by atoms with van der Waals surface area (Å²) >= 11 is 0. The predicted octanol–water partition coefficient (Wildman–Crippen LogP) is 3.11. The molecule has 144 valence electrons. The van der Waals surface area contributed by atoms with Crippen LogP contribution in [0.2, 0.25) is 0 Å². The Morgan fingerprint density at radius 2 is 1.67 bits per heavy atom. The van der Waals surface area contributed by atoms with Crippen LogP contribution in [0.4, 0.5) is 10.5 Å². The minimum absolute atomic E-state index is 0.00853. The third-order valence-corrected chi connectivity index (χ3v) is 5.54. The molecule has 1 saturated heterocycles. The van der Waals surface area contributed by atoms with Crippen LogP contribution in [0.15, 0.2) is 53.4 Å². The van der Waals surface area contributed by atoms with Crippen molar-refractivity contribution >= 4 is 21.8 Å². The molecule has 2 amide bonds. The summed E-state index contributed by atoms with van der Waals surface area (Å²) in [7, 11) is -2.57. The number of nitrogens with zero attached hydrogens (tertiary/aromatic N) is 2. The van der Waals surface area contributed by atoms with E-state index in [-0.39, 0.29) is 16.7 Å². The maximum Gasteiger partial charge on any atom is 0.339 e. The normalized spacial score (nSPS) is 14.5. The third kappa shape index (κ3) is 4.00. The quantitative estimate of drug-likeness (QED) is 0.679. The molecule has 0 spiro atoms. The Labute approximate surface area is 159 Å². The van der Waals surface area contributed by atoms with E-state index in [1.165, 1.54) is 25.3 Å². The summed E-state index contributed by atoms with van der Waals surface area (Å²) in [6, 6.07) is 12.6. The number of amides is 2. The van der Waals surface area contributed by atoms with Crippen molar-refractivity contribution in [2.45, 2.75) is 18.2 Å². The Morgan fingerprint density at radius 3 is 2.30 bits per heavy atom. The first-order chi connectivity index (χ1) is 13.0. The van der Waals surface area contributed by atoms with Crippen LogP contribution in [0.5, 0.6) is 11.5 Å². The molecule has 1 heterocycles. The maximum absolute atomic E-state index is 12.5. The molecule has 0 saturated carbocycles. The van der Waals surface area contributed by atoms with E-state index in [1.807, 2.05) is 6.92 Å². The lowest BCUT2D eigenvalue weighted by molar-refractivity contribution is 0.220. The van der Waals surface area contributed by atoms with Gasteiger partial charge in [-0.15, -0.1) is 0 Å². The van der Waals surface area contributed by atoms with Crippen LogP contribution in [-0.4, -0.2) is 46.1 Å². The molecule has 1 aliphatic heterocycles. The fraction of sp³-hybridized carbons (Fsp3) is 0.316. The van der Waals surface area contributed by atoms with E-state index in [1.54, 1.807) is 40.1 Å². The van der Waals surface area contributed by atoms with Gasteiger partial charge in [0, 0.05) is 25.3 Å². The summed E-state index contributed by atoms with van der Waals surface area (Å²) in [5.41, 5.74) is 0.662. The van der Waals surface area contributed by atoms with E-state index >= 15 is 0 Å². The lowest BCUT2D eigenvalue weighted by atomic mass is 10.3. The topological polar surface area (TPSA) is 76.2 Å². The van der Waals surface area contributed by atoms with Gasteiger partial charge >= 0.3 is 16.1 Å². The highest BCUT2D eigenvalue weighted by molar-refractivity contribution is 7.87. The molecule has 8 heteroatoms. The summed E-state index contributed by atoms with van der Waals surface area (Å²) in [5, 5.41) is 0. The van der Waals surface area contributed by atoms with Crippen molar-refractivity contribution in [1.29, 1.82) is 0 Å². The van der Waals surface area contributed by atoms with E-state index in [2.05, 4.69) is 0 Å². The number of benzene rings is 2. The molecule has 0 atom stereocenters. The maximum atomic E-state index is 12.5. The molecule has 7 nitrogen and oxygen atoms in total. The second-order valence-electron chi connectivity index (χ2n) is 6.10. The van der Waals surface area contributed by atoms with Crippen LogP contribution in [0, 0.1) is 0 Å². The molecular formula is C19H22N2O5S. The zero-order chi connectivity index (χ0) is 19.4. The molecule has 0 aromatic heterocycles. The molecule has 0 N–H and O–H groups in total. The molecule has 0 radical (unpaired) electrons. The number of methoxy groups -OCH3 is 1. The van der Waals surface area contributed by atoms with Crippen molar-refractivity contribution in [3.8, 4) is 11.5 Å². The molecule has 3 rings (SSSR count). The highest BCUT2D eigenvalue weighted by atomic mass is 32.2. The minimum Gasteiger partial charge on any atom is -0.493 e. The van der Waals surface area contributed by atoms with Gasteiger partial charge in [-0.1, -0.05) is 19.1 Å². The predicted molar refractivity (Wildman–Crippen MR) is 102 cm³/mol. The number of hydrogen-bond acceptors (Lipinski definition) is 5. The number of anilines is 1. The number of hydrogen-bond donors (Lipinski definition) is 0. The van der Waals surface area contributed by atoms with Gasteiger partial charge in [-0.2, -0.15) is 8.42 Å². The zero-order valence-corrected chi connectivity index (χ0v) is 16.1. The molecule has 0 aliphatic carbocycles. The second-order valence-corrected chi connectivity index (χ2v) is 7.65. The van der Waals surface area contributed by atoms with Gasteiger partial charge in [0.15, 0.2) is 11.5 Å². The highest BCUT2D eigenvalue weighted by Crippen LogP contribution is 2.30. The summed E-state index contributed by atoms with van der Waals surface area (Å²) in [6.07, 6.45) is 0.900. The van der Waals surface area contributed by atoms with Gasteiger partial charge in [0.2, 0.25) is 0 Å². The monoisotopic (exact) mass is 390 g/mol. The number of rotatable bonds is 7. The Kier molecular flexibility index (Phi) is 5.55. The van der Waals surface area contributed by atoms with Gasteiger partial charge in [0.1, 0.15) is 4.90 Å². The highest BCUT2D eigenvalue weighted by Gasteiger charge is 2.29. The van der Waals surface area contributed by atoms with Crippen molar-refractivity contribution in [3.63, 3.8) is 0 Å². The molecule has 2 aromatic carbocycles. The number of carbonyl (C=O) groups excluding carboxylic acids is 1. The number of urea groups is 1. The van der Waals surface area contributed by atoms with E-state index < -0.39 is 10.1 Å². The molecular weight excluding hydrogens is 368 g/mol.